The fourth-order valence-electron chi connectivity index (χ4n) is 4.67. The molecule has 0 fully saturated rings. The van der Waals surface area contributed by atoms with Crippen molar-refractivity contribution in [2.24, 2.45) is 0 Å². The van der Waals surface area contributed by atoms with Crippen LogP contribution in [-0.2, 0) is 13.3 Å². The molecule has 0 aromatic heterocycles. The smallest absolute Gasteiger partial charge is 0.374 e. The molecule has 0 heterocycles. The van der Waals surface area contributed by atoms with Crippen LogP contribution in [0.25, 0.3) is 0 Å². The first-order valence-corrected chi connectivity index (χ1v) is 15.8. The van der Waals surface area contributed by atoms with Gasteiger partial charge in [-0.3, -0.25) is 0 Å². The number of rotatable bonds is 24. The molecule has 0 aliphatic carbocycles. The van der Waals surface area contributed by atoms with Gasteiger partial charge in [0, 0.05) is 19.8 Å². The third kappa shape index (κ3) is 14.7. The first kappa shape index (κ1) is 31.1. The molecule has 4 nitrogen and oxygen atoms in total. The van der Waals surface area contributed by atoms with E-state index in [9.17, 15) is 0 Å². The van der Waals surface area contributed by atoms with Gasteiger partial charge in [-0.25, -0.2) is 0 Å². The van der Waals surface area contributed by atoms with Crippen LogP contribution in [-0.4, -0.2) is 59.3 Å². The maximum atomic E-state index is 6.22. The summed E-state index contributed by atoms with van der Waals surface area (Å²) < 4.78 is 19.9. The van der Waals surface area contributed by atoms with E-state index in [1.165, 1.54) is 101 Å². The van der Waals surface area contributed by atoms with Crippen LogP contribution in [0.1, 0.15) is 119 Å². The summed E-state index contributed by atoms with van der Waals surface area (Å²) in [5.74, 6) is 0. The second-order valence-electron chi connectivity index (χ2n) is 9.15. The highest BCUT2D eigenvalue weighted by Crippen LogP contribution is 2.23. The van der Waals surface area contributed by atoms with E-state index in [1.54, 1.807) is 0 Å². The Morgan fingerprint density at radius 2 is 0.806 bits per heavy atom. The van der Waals surface area contributed by atoms with Gasteiger partial charge in [0.1, 0.15) is 0 Å². The summed E-state index contributed by atoms with van der Waals surface area (Å²) in [7, 11) is -2.58. The summed E-state index contributed by atoms with van der Waals surface area (Å²) in [6.07, 6.45) is 16.2. The maximum absolute atomic E-state index is 6.22. The van der Waals surface area contributed by atoms with Crippen LogP contribution >= 0.6 is 0 Å². The molecule has 0 N–H and O–H groups in total. The second-order valence-corrected chi connectivity index (χ2v) is 11.9. The Morgan fingerprint density at radius 3 is 1.10 bits per heavy atom. The molecule has 0 bridgehead atoms. The molecule has 0 aliphatic heterocycles. The van der Waals surface area contributed by atoms with Gasteiger partial charge in [0.05, 0.1) is 32.2 Å². The molecule has 0 saturated heterocycles. The number of unbranched alkanes of at least 4 members (excludes halogenated alkanes) is 9. The van der Waals surface area contributed by atoms with Crippen LogP contribution in [0.15, 0.2) is 0 Å². The Kier molecular flexibility index (Phi) is 20.7. The molecule has 0 aromatic rings. The first-order chi connectivity index (χ1) is 15.1. The van der Waals surface area contributed by atoms with Gasteiger partial charge in [-0.2, -0.15) is 0 Å². The van der Waals surface area contributed by atoms with Crippen molar-refractivity contribution in [3.63, 3.8) is 0 Å². The molecule has 0 unspecified atom stereocenters. The third-order valence-electron chi connectivity index (χ3n) is 6.44. The summed E-state index contributed by atoms with van der Waals surface area (Å²) in [4.78, 5) is 0. The zero-order chi connectivity index (χ0) is 23.3. The molecular weight excluding hydrogens is 402 g/mol. The standard InChI is InChI=1S/C26H58NO3Si/c1-7-13-16-19-22-27(23-20-17-14-8-2,24-21-18-15-9-3)25-26-31(28-10-4,29-11-5)30-12-6/h7-26H2,1-6H3/q+1. The highest BCUT2D eigenvalue weighted by Gasteiger charge is 2.43. The van der Waals surface area contributed by atoms with Gasteiger partial charge < -0.3 is 17.8 Å². The van der Waals surface area contributed by atoms with E-state index in [1.807, 2.05) is 0 Å². The molecule has 0 atom stereocenters. The lowest BCUT2D eigenvalue weighted by atomic mass is 10.1. The summed E-state index contributed by atoms with van der Waals surface area (Å²) in [5, 5.41) is 0. The highest BCUT2D eigenvalue weighted by atomic mass is 28.4. The largest absolute Gasteiger partial charge is 0.506 e. The number of nitrogens with zero attached hydrogens (tertiary/aromatic N) is 1. The van der Waals surface area contributed by atoms with Crippen molar-refractivity contribution >= 4 is 8.80 Å². The van der Waals surface area contributed by atoms with Crippen molar-refractivity contribution in [2.45, 2.75) is 125 Å². The van der Waals surface area contributed by atoms with Crippen molar-refractivity contribution in [3.05, 3.63) is 0 Å². The van der Waals surface area contributed by atoms with Crippen molar-refractivity contribution < 1.29 is 17.8 Å². The predicted molar refractivity (Wildman–Crippen MR) is 138 cm³/mol. The van der Waals surface area contributed by atoms with Gasteiger partial charge in [0.25, 0.3) is 0 Å². The maximum Gasteiger partial charge on any atom is 0.506 e. The zero-order valence-electron chi connectivity index (χ0n) is 22.3. The van der Waals surface area contributed by atoms with E-state index in [4.69, 9.17) is 13.3 Å². The fraction of sp³-hybridized carbons (Fsp3) is 1.00. The van der Waals surface area contributed by atoms with E-state index in [-0.39, 0.29) is 0 Å². The molecule has 0 aliphatic rings. The molecule has 0 saturated carbocycles. The number of quaternary nitrogens is 1. The Hall–Kier alpha value is 0.0569. The quantitative estimate of drug-likeness (QED) is 0.0843. The van der Waals surface area contributed by atoms with Crippen molar-refractivity contribution in [3.8, 4) is 0 Å². The Balaban J connectivity index is 5.41. The zero-order valence-corrected chi connectivity index (χ0v) is 23.3. The molecule has 0 amide bonds. The van der Waals surface area contributed by atoms with Crippen LogP contribution in [0.2, 0.25) is 6.04 Å². The van der Waals surface area contributed by atoms with Gasteiger partial charge in [0.2, 0.25) is 0 Å². The molecule has 31 heavy (non-hydrogen) atoms. The fourth-order valence-corrected chi connectivity index (χ4v) is 7.42. The van der Waals surface area contributed by atoms with Gasteiger partial charge in [-0.1, -0.05) is 59.3 Å². The van der Waals surface area contributed by atoms with Gasteiger partial charge in [-0.05, 0) is 59.3 Å². The van der Waals surface area contributed by atoms with Gasteiger partial charge in [-0.15, -0.1) is 0 Å². The second kappa shape index (κ2) is 20.6. The van der Waals surface area contributed by atoms with E-state index < -0.39 is 8.80 Å². The minimum atomic E-state index is -2.58. The Labute approximate surface area is 197 Å². The Morgan fingerprint density at radius 1 is 0.452 bits per heavy atom. The lowest BCUT2D eigenvalue weighted by Crippen LogP contribution is -2.55. The molecule has 0 rings (SSSR count). The summed E-state index contributed by atoms with van der Waals surface area (Å²) in [6, 6.07) is 0.956. The Bertz CT molecular complexity index is 333. The van der Waals surface area contributed by atoms with Crippen LogP contribution in [0, 0.1) is 0 Å². The van der Waals surface area contributed by atoms with E-state index in [0.717, 1.165) is 12.6 Å². The monoisotopic (exact) mass is 460 g/mol. The van der Waals surface area contributed by atoms with Gasteiger partial charge in [0.15, 0.2) is 0 Å². The van der Waals surface area contributed by atoms with Gasteiger partial charge >= 0.3 is 8.80 Å². The minimum Gasteiger partial charge on any atom is -0.374 e. The van der Waals surface area contributed by atoms with Crippen LogP contribution in [0.5, 0.6) is 0 Å². The van der Waals surface area contributed by atoms with Crippen molar-refractivity contribution in [1.82, 2.24) is 0 Å². The highest BCUT2D eigenvalue weighted by molar-refractivity contribution is 6.60. The van der Waals surface area contributed by atoms with Crippen molar-refractivity contribution in [2.75, 3.05) is 46.0 Å². The van der Waals surface area contributed by atoms with E-state index in [0.29, 0.717) is 19.8 Å². The normalized spacial score (nSPS) is 12.6. The SMILES string of the molecule is CCCCCC[N+](CCCCCC)(CCCCCC)CC[Si](OCC)(OCC)OCC. The lowest BCUT2D eigenvalue weighted by Gasteiger charge is -2.41. The van der Waals surface area contributed by atoms with Crippen LogP contribution in [0.4, 0.5) is 0 Å². The molecular formula is C26H58NO3Si+. The average molecular weight is 461 g/mol. The summed E-state index contributed by atoms with van der Waals surface area (Å²) in [6.45, 7) is 20.3. The van der Waals surface area contributed by atoms with E-state index in [2.05, 4.69) is 41.5 Å². The molecule has 188 valence electrons. The third-order valence-corrected chi connectivity index (χ3v) is 9.46. The van der Waals surface area contributed by atoms with Crippen LogP contribution < -0.4 is 0 Å². The molecule has 0 spiro atoms. The summed E-state index contributed by atoms with van der Waals surface area (Å²) in [5.41, 5.74) is 0. The molecule has 5 heteroatoms. The number of hydrogen-bond acceptors (Lipinski definition) is 3. The molecule has 0 radical (unpaired) electrons. The van der Waals surface area contributed by atoms with E-state index >= 15 is 0 Å². The summed E-state index contributed by atoms with van der Waals surface area (Å²) >= 11 is 0. The first-order valence-electron chi connectivity index (χ1n) is 13.8. The van der Waals surface area contributed by atoms with Crippen LogP contribution in [0.3, 0.4) is 0 Å². The lowest BCUT2D eigenvalue weighted by molar-refractivity contribution is -0.927. The average Bonchev–Trinajstić information content (AvgIpc) is 2.76. The number of hydrogen-bond donors (Lipinski definition) is 0. The topological polar surface area (TPSA) is 27.7 Å². The van der Waals surface area contributed by atoms with Crippen molar-refractivity contribution in [1.29, 1.82) is 0 Å². The molecule has 0 aromatic carbocycles. The minimum absolute atomic E-state index is 0.676. The predicted octanol–water partition coefficient (Wildman–Crippen LogP) is 7.59.